The van der Waals surface area contributed by atoms with Crippen molar-refractivity contribution in [3.63, 3.8) is 0 Å². The van der Waals surface area contributed by atoms with Gasteiger partial charge in [0.15, 0.2) is 0 Å². The van der Waals surface area contributed by atoms with Crippen LogP contribution < -0.4 is 5.73 Å². The number of aliphatic hydroxyl groups excluding tert-OH is 1. The van der Waals surface area contributed by atoms with E-state index in [-0.39, 0.29) is 0 Å². The quantitative estimate of drug-likeness (QED) is 0.710. The Kier molecular flexibility index (Phi) is 3.90. The van der Waals surface area contributed by atoms with Crippen LogP contribution in [0.4, 0.5) is 5.69 Å². The minimum Gasteiger partial charge on any atom is -0.398 e. The summed E-state index contributed by atoms with van der Waals surface area (Å²) in [5.74, 6) is 0. The third kappa shape index (κ3) is 3.06. The van der Waals surface area contributed by atoms with E-state index in [0.29, 0.717) is 12.1 Å². The van der Waals surface area contributed by atoms with Gasteiger partial charge in [0.1, 0.15) is 0 Å². The molecule has 0 saturated carbocycles. The molecular weight excluding hydrogens is 328 g/mol. The van der Waals surface area contributed by atoms with E-state index in [0.717, 1.165) is 26.6 Å². The lowest BCUT2D eigenvalue weighted by atomic mass is 10.0. The first-order valence-electron chi connectivity index (χ1n) is 6.71. The van der Waals surface area contributed by atoms with Crippen molar-refractivity contribution >= 4 is 32.5 Å². The number of nitrogens with two attached hydrogens (primary N) is 1. The number of hydrogen-bond acceptors (Lipinski definition) is 3. The van der Waals surface area contributed by atoms with E-state index in [1.807, 2.05) is 48.5 Å². The number of hydrogen-bond donors (Lipinski definition) is 2. The average molecular weight is 343 g/mol. The smallest absolute Gasteiger partial charge is 0.0865 e. The van der Waals surface area contributed by atoms with Gasteiger partial charge in [-0.3, -0.25) is 4.98 Å². The van der Waals surface area contributed by atoms with Crippen LogP contribution in [0.5, 0.6) is 0 Å². The molecule has 0 bridgehead atoms. The molecule has 3 aromatic rings. The standard InChI is InChI=1S/C17H15BrN2O/c18-12-6-8-15(19)14(9-12)17(21)10-13-7-5-11-3-1-2-4-16(11)20-13/h1-9,17,21H,10,19H2. The Bertz CT molecular complexity index is 789. The van der Waals surface area contributed by atoms with Crippen molar-refractivity contribution < 1.29 is 5.11 Å². The van der Waals surface area contributed by atoms with Gasteiger partial charge in [0, 0.05) is 33.2 Å². The zero-order valence-corrected chi connectivity index (χ0v) is 12.9. The Balaban J connectivity index is 1.88. The molecule has 3 nitrogen and oxygen atoms in total. The van der Waals surface area contributed by atoms with Gasteiger partial charge in [-0.2, -0.15) is 0 Å². The number of para-hydroxylation sites is 1. The molecular formula is C17H15BrN2O. The number of halogens is 1. The first-order valence-corrected chi connectivity index (χ1v) is 7.50. The molecule has 0 amide bonds. The molecule has 1 heterocycles. The molecule has 3 N–H and O–H groups in total. The molecule has 0 spiro atoms. The molecule has 3 rings (SSSR count). The van der Waals surface area contributed by atoms with Gasteiger partial charge < -0.3 is 10.8 Å². The molecule has 1 unspecified atom stereocenters. The van der Waals surface area contributed by atoms with Crippen molar-refractivity contribution in [3.8, 4) is 0 Å². The van der Waals surface area contributed by atoms with Gasteiger partial charge in [0.2, 0.25) is 0 Å². The molecule has 21 heavy (non-hydrogen) atoms. The van der Waals surface area contributed by atoms with Crippen LogP contribution in [-0.2, 0) is 6.42 Å². The Morgan fingerprint density at radius 1 is 1.10 bits per heavy atom. The van der Waals surface area contributed by atoms with Gasteiger partial charge >= 0.3 is 0 Å². The fourth-order valence-corrected chi connectivity index (χ4v) is 2.74. The fourth-order valence-electron chi connectivity index (χ4n) is 2.36. The molecule has 0 aliphatic rings. The second-order valence-electron chi connectivity index (χ2n) is 4.99. The summed E-state index contributed by atoms with van der Waals surface area (Å²) in [6.07, 6.45) is -0.234. The van der Waals surface area contributed by atoms with Crippen LogP contribution in [0.25, 0.3) is 10.9 Å². The largest absolute Gasteiger partial charge is 0.398 e. The molecule has 0 aliphatic heterocycles. The highest BCUT2D eigenvalue weighted by atomic mass is 79.9. The van der Waals surface area contributed by atoms with Crippen LogP contribution in [0.2, 0.25) is 0 Å². The van der Waals surface area contributed by atoms with E-state index < -0.39 is 6.10 Å². The minimum absolute atomic E-state index is 0.436. The van der Waals surface area contributed by atoms with Gasteiger partial charge in [-0.25, -0.2) is 0 Å². The van der Waals surface area contributed by atoms with Crippen LogP contribution in [0.1, 0.15) is 17.4 Å². The zero-order valence-electron chi connectivity index (χ0n) is 11.3. The van der Waals surface area contributed by atoms with Crippen molar-refractivity contribution in [1.29, 1.82) is 0 Å². The lowest BCUT2D eigenvalue weighted by Gasteiger charge is -2.14. The van der Waals surface area contributed by atoms with Crippen molar-refractivity contribution in [1.82, 2.24) is 4.98 Å². The van der Waals surface area contributed by atoms with Crippen molar-refractivity contribution in [2.75, 3.05) is 5.73 Å². The third-order valence-electron chi connectivity index (χ3n) is 3.47. The second kappa shape index (κ2) is 5.84. The number of benzene rings is 2. The highest BCUT2D eigenvalue weighted by molar-refractivity contribution is 9.10. The van der Waals surface area contributed by atoms with Crippen LogP contribution >= 0.6 is 15.9 Å². The summed E-state index contributed by atoms with van der Waals surface area (Å²) in [6, 6.07) is 17.4. The summed E-state index contributed by atoms with van der Waals surface area (Å²) in [5.41, 5.74) is 9.03. The van der Waals surface area contributed by atoms with E-state index in [1.54, 1.807) is 6.07 Å². The average Bonchev–Trinajstić information content (AvgIpc) is 2.49. The number of rotatable bonds is 3. The molecule has 0 fully saturated rings. The normalized spacial score (nSPS) is 12.5. The van der Waals surface area contributed by atoms with Gasteiger partial charge in [0.25, 0.3) is 0 Å². The van der Waals surface area contributed by atoms with Crippen molar-refractivity contribution in [2.45, 2.75) is 12.5 Å². The highest BCUT2D eigenvalue weighted by Gasteiger charge is 2.13. The summed E-state index contributed by atoms with van der Waals surface area (Å²) < 4.78 is 0.900. The number of nitrogens with zero attached hydrogens (tertiary/aromatic N) is 1. The number of nitrogen functional groups attached to an aromatic ring is 1. The van der Waals surface area contributed by atoms with Crippen LogP contribution in [0.15, 0.2) is 59.1 Å². The summed E-state index contributed by atoms with van der Waals surface area (Å²) >= 11 is 3.40. The lowest BCUT2D eigenvalue weighted by molar-refractivity contribution is 0.178. The first kappa shape index (κ1) is 14.0. The van der Waals surface area contributed by atoms with Crippen molar-refractivity contribution in [3.05, 3.63) is 70.3 Å². The summed E-state index contributed by atoms with van der Waals surface area (Å²) in [6.45, 7) is 0. The van der Waals surface area contributed by atoms with E-state index >= 15 is 0 Å². The van der Waals surface area contributed by atoms with Gasteiger partial charge in [-0.05, 0) is 30.3 Å². The maximum Gasteiger partial charge on any atom is 0.0865 e. The molecule has 4 heteroatoms. The maximum atomic E-state index is 10.4. The Morgan fingerprint density at radius 3 is 2.76 bits per heavy atom. The number of fused-ring (bicyclic) bond motifs is 1. The summed E-state index contributed by atoms with van der Waals surface area (Å²) in [7, 11) is 0. The van der Waals surface area contributed by atoms with Crippen LogP contribution in [0, 0.1) is 0 Å². The number of aliphatic hydroxyl groups is 1. The van der Waals surface area contributed by atoms with Gasteiger partial charge in [-0.15, -0.1) is 0 Å². The van der Waals surface area contributed by atoms with E-state index in [9.17, 15) is 5.11 Å². The van der Waals surface area contributed by atoms with Crippen LogP contribution in [0.3, 0.4) is 0 Å². The third-order valence-corrected chi connectivity index (χ3v) is 3.96. The Labute approximate surface area is 131 Å². The highest BCUT2D eigenvalue weighted by Crippen LogP contribution is 2.27. The van der Waals surface area contributed by atoms with E-state index in [1.165, 1.54) is 0 Å². The van der Waals surface area contributed by atoms with E-state index in [4.69, 9.17) is 5.73 Å². The topological polar surface area (TPSA) is 59.1 Å². The number of aromatic nitrogens is 1. The molecule has 1 atom stereocenters. The second-order valence-corrected chi connectivity index (χ2v) is 5.90. The first-order chi connectivity index (χ1) is 10.1. The minimum atomic E-state index is -0.670. The predicted molar refractivity (Wildman–Crippen MR) is 89.0 cm³/mol. The maximum absolute atomic E-state index is 10.4. The van der Waals surface area contributed by atoms with Crippen molar-refractivity contribution in [2.24, 2.45) is 0 Å². The monoisotopic (exact) mass is 342 g/mol. The Morgan fingerprint density at radius 2 is 1.90 bits per heavy atom. The van der Waals surface area contributed by atoms with E-state index in [2.05, 4.69) is 20.9 Å². The molecule has 2 aromatic carbocycles. The molecule has 106 valence electrons. The molecule has 0 saturated heterocycles. The number of anilines is 1. The summed E-state index contributed by atoms with van der Waals surface area (Å²) in [5, 5.41) is 11.5. The predicted octanol–water partition coefficient (Wildman–Crippen LogP) is 3.86. The molecule has 0 aliphatic carbocycles. The summed E-state index contributed by atoms with van der Waals surface area (Å²) in [4.78, 5) is 4.58. The molecule has 1 aromatic heterocycles. The number of pyridine rings is 1. The van der Waals surface area contributed by atoms with Gasteiger partial charge in [-0.1, -0.05) is 40.2 Å². The fraction of sp³-hybridized carbons (Fsp3) is 0.118. The van der Waals surface area contributed by atoms with Crippen LogP contribution in [-0.4, -0.2) is 10.1 Å². The Hall–Kier alpha value is -1.91. The zero-order chi connectivity index (χ0) is 14.8. The molecule has 0 radical (unpaired) electrons. The SMILES string of the molecule is Nc1ccc(Br)cc1C(O)Cc1ccc2ccccc2n1. The van der Waals surface area contributed by atoms with Gasteiger partial charge in [0.05, 0.1) is 11.6 Å². The lowest BCUT2D eigenvalue weighted by Crippen LogP contribution is -2.06.